The molecular formula is C19H21N5O3. The predicted molar refractivity (Wildman–Crippen MR) is 98.6 cm³/mol. The van der Waals surface area contributed by atoms with Crippen molar-refractivity contribution in [3.05, 3.63) is 52.0 Å². The van der Waals surface area contributed by atoms with Gasteiger partial charge in [0.25, 0.3) is 11.5 Å². The van der Waals surface area contributed by atoms with E-state index in [1.165, 1.54) is 31.0 Å². The maximum absolute atomic E-state index is 12.8. The first kappa shape index (κ1) is 17.4. The highest BCUT2D eigenvalue weighted by atomic mass is 16.5. The molecule has 2 aromatic heterocycles. The van der Waals surface area contributed by atoms with Crippen molar-refractivity contribution in [2.24, 2.45) is 0 Å². The summed E-state index contributed by atoms with van der Waals surface area (Å²) in [6.45, 7) is 0.0594. The quantitative estimate of drug-likeness (QED) is 0.758. The first-order valence-corrected chi connectivity index (χ1v) is 9.22. The second kappa shape index (κ2) is 7.30. The zero-order valence-electron chi connectivity index (χ0n) is 15.1. The van der Waals surface area contributed by atoms with E-state index in [0.29, 0.717) is 28.4 Å². The molecule has 4 rings (SSSR count). The summed E-state index contributed by atoms with van der Waals surface area (Å²) in [6, 6.07) is 6.94. The van der Waals surface area contributed by atoms with Gasteiger partial charge >= 0.3 is 0 Å². The van der Waals surface area contributed by atoms with Crippen LogP contribution in [-0.2, 0) is 6.54 Å². The Morgan fingerprint density at radius 1 is 1.22 bits per heavy atom. The first-order chi connectivity index (χ1) is 13.2. The maximum atomic E-state index is 12.8. The summed E-state index contributed by atoms with van der Waals surface area (Å²) in [4.78, 5) is 29.5. The molecule has 0 unspecified atom stereocenters. The molecule has 1 fully saturated rings. The van der Waals surface area contributed by atoms with Crippen molar-refractivity contribution in [1.82, 2.24) is 25.2 Å². The third-order valence-corrected chi connectivity index (χ3v) is 5.04. The average molecular weight is 367 g/mol. The molecule has 8 nitrogen and oxygen atoms in total. The van der Waals surface area contributed by atoms with Gasteiger partial charge in [0.15, 0.2) is 11.5 Å². The number of hydrogen-bond acceptors (Lipinski definition) is 6. The molecule has 1 aromatic carbocycles. The van der Waals surface area contributed by atoms with E-state index in [4.69, 9.17) is 4.52 Å². The van der Waals surface area contributed by atoms with E-state index in [0.717, 1.165) is 12.8 Å². The number of aromatic nitrogens is 4. The smallest absolute Gasteiger partial charge is 0.275 e. The van der Waals surface area contributed by atoms with Gasteiger partial charge in [-0.2, -0.15) is 10.1 Å². The Kier molecular flexibility index (Phi) is 4.70. The van der Waals surface area contributed by atoms with Crippen LogP contribution in [0.25, 0.3) is 10.8 Å². The number of rotatable bonds is 4. The van der Waals surface area contributed by atoms with Crippen LogP contribution in [0.1, 0.15) is 60.2 Å². The normalized spacial score (nSPS) is 15.1. The van der Waals surface area contributed by atoms with Crippen LogP contribution < -0.4 is 10.9 Å². The number of nitrogens with one attached hydrogen (secondary N) is 1. The Bertz CT molecular complexity index is 1030. The summed E-state index contributed by atoms with van der Waals surface area (Å²) in [5.41, 5.74) is -0.0917. The van der Waals surface area contributed by atoms with Crippen LogP contribution in [0.3, 0.4) is 0 Å². The standard InChI is InChI=1S/C19H21N5O3/c1-20-17(25)16-13-9-5-6-10-14(13)19(26)24(22-16)11-15-21-18(27-23-15)12-7-3-2-4-8-12/h5-6,9-10,12H,2-4,7-8,11H2,1H3,(H,20,25). The van der Waals surface area contributed by atoms with Crippen LogP contribution >= 0.6 is 0 Å². The van der Waals surface area contributed by atoms with Crippen LogP contribution in [-0.4, -0.2) is 32.9 Å². The minimum Gasteiger partial charge on any atom is -0.354 e. The van der Waals surface area contributed by atoms with Crippen molar-refractivity contribution < 1.29 is 9.32 Å². The molecule has 140 valence electrons. The van der Waals surface area contributed by atoms with Gasteiger partial charge in [-0.1, -0.05) is 42.6 Å². The molecule has 1 aliphatic rings. The van der Waals surface area contributed by atoms with Gasteiger partial charge in [0, 0.05) is 18.4 Å². The van der Waals surface area contributed by atoms with Crippen molar-refractivity contribution in [3.63, 3.8) is 0 Å². The van der Waals surface area contributed by atoms with Crippen molar-refractivity contribution in [2.75, 3.05) is 7.05 Å². The number of fused-ring (bicyclic) bond motifs is 1. The molecule has 0 radical (unpaired) electrons. The zero-order valence-corrected chi connectivity index (χ0v) is 15.1. The largest absolute Gasteiger partial charge is 0.354 e. The number of carbonyl (C=O) groups excluding carboxylic acids is 1. The minimum absolute atomic E-state index is 0.0594. The summed E-state index contributed by atoms with van der Waals surface area (Å²) < 4.78 is 6.64. The number of hydrogen-bond donors (Lipinski definition) is 1. The molecule has 8 heteroatoms. The number of benzene rings is 1. The molecule has 1 saturated carbocycles. The minimum atomic E-state index is -0.351. The van der Waals surface area contributed by atoms with E-state index in [1.807, 2.05) is 0 Å². The highest BCUT2D eigenvalue weighted by molar-refractivity contribution is 6.04. The van der Waals surface area contributed by atoms with Crippen LogP contribution in [0.4, 0.5) is 0 Å². The summed E-state index contributed by atoms with van der Waals surface area (Å²) in [7, 11) is 1.53. The van der Waals surface area contributed by atoms with Crippen molar-refractivity contribution >= 4 is 16.7 Å². The summed E-state index contributed by atoms with van der Waals surface area (Å²) in [6.07, 6.45) is 5.69. The van der Waals surface area contributed by atoms with Gasteiger partial charge in [-0.25, -0.2) is 4.68 Å². The van der Waals surface area contributed by atoms with Crippen molar-refractivity contribution in [3.8, 4) is 0 Å². The van der Waals surface area contributed by atoms with Gasteiger partial charge < -0.3 is 9.84 Å². The van der Waals surface area contributed by atoms with Crippen LogP contribution in [0.5, 0.6) is 0 Å². The Morgan fingerprint density at radius 2 is 1.96 bits per heavy atom. The van der Waals surface area contributed by atoms with Gasteiger partial charge in [-0.15, -0.1) is 0 Å². The van der Waals surface area contributed by atoms with Crippen LogP contribution in [0, 0.1) is 0 Å². The molecule has 1 amide bonds. The maximum Gasteiger partial charge on any atom is 0.275 e. The lowest BCUT2D eigenvalue weighted by molar-refractivity contribution is 0.0957. The lowest BCUT2D eigenvalue weighted by Gasteiger charge is -2.17. The van der Waals surface area contributed by atoms with E-state index in [9.17, 15) is 9.59 Å². The van der Waals surface area contributed by atoms with Gasteiger partial charge in [0.1, 0.15) is 6.54 Å². The summed E-state index contributed by atoms with van der Waals surface area (Å²) in [5.74, 6) is 0.965. The van der Waals surface area contributed by atoms with E-state index >= 15 is 0 Å². The summed E-state index contributed by atoms with van der Waals surface area (Å²) in [5, 5.41) is 11.8. The third kappa shape index (κ3) is 3.34. The summed E-state index contributed by atoms with van der Waals surface area (Å²) >= 11 is 0. The van der Waals surface area contributed by atoms with Gasteiger partial charge in [0.2, 0.25) is 5.89 Å². The van der Waals surface area contributed by atoms with Gasteiger partial charge in [-0.05, 0) is 18.9 Å². The SMILES string of the molecule is CNC(=O)c1nn(Cc2noc(C3CCCCC3)n2)c(=O)c2ccccc12. The predicted octanol–water partition coefficient (Wildman–Crippen LogP) is 2.24. The molecule has 2 heterocycles. The second-order valence-electron chi connectivity index (χ2n) is 6.82. The van der Waals surface area contributed by atoms with Crippen molar-refractivity contribution in [2.45, 2.75) is 44.6 Å². The molecule has 0 atom stereocenters. The van der Waals surface area contributed by atoms with Crippen molar-refractivity contribution in [1.29, 1.82) is 0 Å². The monoisotopic (exact) mass is 367 g/mol. The molecular weight excluding hydrogens is 346 g/mol. The Labute approximate surface area is 155 Å². The molecule has 0 saturated heterocycles. The van der Waals surface area contributed by atoms with Gasteiger partial charge in [0.05, 0.1) is 5.39 Å². The molecule has 0 aliphatic heterocycles. The van der Waals surface area contributed by atoms with Gasteiger partial charge in [-0.3, -0.25) is 9.59 Å². The molecule has 27 heavy (non-hydrogen) atoms. The van der Waals surface area contributed by atoms with Crippen LogP contribution in [0.15, 0.2) is 33.6 Å². The fourth-order valence-corrected chi connectivity index (χ4v) is 3.61. The number of carbonyl (C=O) groups is 1. The van der Waals surface area contributed by atoms with E-state index in [1.54, 1.807) is 24.3 Å². The lowest BCUT2D eigenvalue weighted by Crippen LogP contribution is -2.29. The highest BCUT2D eigenvalue weighted by Crippen LogP contribution is 2.31. The fraction of sp³-hybridized carbons (Fsp3) is 0.421. The first-order valence-electron chi connectivity index (χ1n) is 9.22. The number of nitrogens with zero attached hydrogens (tertiary/aromatic N) is 4. The topological polar surface area (TPSA) is 103 Å². The Hall–Kier alpha value is -3.03. The van der Waals surface area contributed by atoms with E-state index in [2.05, 4.69) is 20.6 Å². The molecule has 1 N–H and O–H groups in total. The van der Waals surface area contributed by atoms with Crippen LogP contribution in [0.2, 0.25) is 0 Å². The zero-order chi connectivity index (χ0) is 18.8. The van der Waals surface area contributed by atoms with E-state index < -0.39 is 0 Å². The molecule has 1 aliphatic carbocycles. The third-order valence-electron chi connectivity index (χ3n) is 5.04. The Balaban J connectivity index is 1.70. The average Bonchev–Trinajstić information content (AvgIpc) is 3.19. The molecule has 3 aromatic rings. The highest BCUT2D eigenvalue weighted by Gasteiger charge is 2.22. The number of amides is 1. The second-order valence-corrected chi connectivity index (χ2v) is 6.82. The fourth-order valence-electron chi connectivity index (χ4n) is 3.61. The molecule has 0 spiro atoms. The molecule has 0 bridgehead atoms. The van der Waals surface area contributed by atoms with E-state index in [-0.39, 0.29) is 23.7 Å². The Morgan fingerprint density at radius 3 is 2.70 bits per heavy atom. The lowest BCUT2D eigenvalue weighted by atomic mass is 9.89.